The molecule has 42 heavy (non-hydrogen) atoms. The standard InChI is InChI=1S/C30H27ClN8O3/c1-4-41-27-15-24-22(14-25(27)37-29(40)6-5-10-38(2)3)30(19(16-32)17-33-24)36-20-7-8-26(23(31)12-20)42-21-9-11-39-28(13-21)34-18-35-39/h5-9,11-15,17-18H,4,10H2,1-3H3,(H,33,36)(H,37,40)/b6-5+. The predicted octanol–water partition coefficient (Wildman–Crippen LogP) is 5.79. The molecule has 3 heterocycles. The van der Waals surface area contributed by atoms with E-state index in [1.807, 2.05) is 25.9 Å². The third-order valence-corrected chi connectivity index (χ3v) is 6.36. The molecule has 0 atom stereocenters. The predicted molar refractivity (Wildman–Crippen MR) is 162 cm³/mol. The summed E-state index contributed by atoms with van der Waals surface area (Å²) in [5, 5.41) is 21.1. The molecular formula is C30H27ClN8O3. The quantitative estimate of drug-likeness (QED) is 0.196. The van der Waals surface area contributed by atoms with Crippen molar-refractivity contribution in [3.8, 4) is 23.3 Å². The molecule has 5 rings (SSSR count). The number of amides is 1. The molecule has 0 unspecified atom stereocenters. The number of likely N-dealkylation sites (N-methyl/N-ethyl adjacent to an activating group) is 1. The van der Waals surface area contributed by atoms with Crippen molar-refractivity contribution in [1.29, 1.82) is 5.26 Å². The lowest BCUT2D eigenvalue weighted by Gasteiger charge is -2.16. The largest absolute Gasteiger partial charge is 0.492 e. The van der Waals surface area contributed by atoms with Crippen LogP contribution in [0.1, 0.15) is 12.5 Å². The molecule has 212 valence electrons. The van der Waals surface area contributed by atoms with E-state index >= 15 is 0 Å². The van der Waals surface area contributed by atoms with E-state index in [1.54, 1.807) is 59.3 Å². The Morgan fingerprint density at radius 1 is 1.17 bits per heavy atom. The highest BCUT2D eigenvalue weighted by Gasteiger charge is 2.16. The Hall–Kier alpha value is -5.18. The molecule has 0 radical (unpaired) electrons. The number of carbonyl (C=O) groups excluding carboxylic acids is 1. The second-order valence-electron chi connectivity index (χ2n) is 9.41. The van der Waals surface area contributed by atoms with E-state index in [2.05, 4.69) is 31.8 Å². The third-order valence-electron chi connectivity index (χ3n) is 6.07. The molecule has 0 spiro atoms. The number of rotatable bonds is 10. The molecule has 2 aromatic carbocycles. The van der Waals surface area contributed by atoms with Crippen LogP contribution in [0.15, 0.2) is 73.3 Å². The van der Waals surface area contributed by atoms with E-state index in [0.29, 0.717) is 74.6 Å². The Balaban J connectivity index is 1.46. The molecule has 0 aliphatic heterocycles. The summed E-state index contributed by atoms with van der Waals surface area (Å²) in [6.07, 6.45) is 7.93. The minimum Gasteiger partial charge on any atom is -0.492 e. The van der Waals surface area contributed by atoms with Crippen LogP contribution in [0.2, 0.25) is 5.02 Å². The number of nitriles is 1. The summed E-state index contributed by atoms with van der Waals surface area (Å²) in [7, 11) is 3.83. The maximum Gasteiger partial charge on any atom is 0.248 e. The van der Waals surface area contributed by atoms with Gasteiger partial charge in [0, 0.05) is 48.2 Å². The number of nitrogens with zero attached hydrogens (tertiary/aromatic N) is 6. The fraction of sp³-hybridized carbons (Fsp3) is 0.167. The average molecular weight is 583 g/mol. The van der Waals surface area contributed by atoms with Gasteiger partial charge in [-0.25, -0.2) is 9.50 Å². The minimum absolute atomic E-state index is 0.304. The fourth-order valence-corrected chi connectivity index (χ4v) is 4.37. The molecule has 0 saturated carbocycles. The summed E-state index contributed by atoms with van der Waals surface area (Å²) >= 11 is 6.58. The van der Waals surface area contributed by atoms with Gasteiger partial charge in [0.25, 0.3) is 0 Å². The third kappa shape index (κ3) is 6.41. The SMILES string of the molecule is CCOc1cc2ncc(C#N)c(Nc3ccc(Oc4ccn5ncnc5c4)c(Cl)c3)c2cc1NC(=O)/C=C/CN(C)C. The molecule has 0 aliphatic carbocycles. The number of aromatic nitrogens is 4. The van der Waals surface area contributed by atoms with E-state index in [9.17, 15) is 10.1 Å². The monoisotopic (exact) mass is 582 g/mol. The Morgan fingerprint density at radius 3 is 2.79 bits per heavy atom. The summed E-state index contributed by atoms with van der Waals surface area (Å²) < 4.78 is 13.4. The van der Waals surface area contributed by atoms with Crippen LogP contribution in [0.5, 0.6) is 17.2 Å². The number of hydrogen-bond acceptors (Lipinski definition) is 9. The van der Waals surface area contributed by atoms with Crippen molar-refractivity contribution in [2.24, 2.45) is 0 Å². The minimum atomic E-state index is -0.304. The van der Waals surface area contributed by atoms with Gasteiger partial charge in [0.05, 0.1) is 34.1 Å². The Kier molecular flexibility index (Phi) is 8.47. The van der Waals surface area contributed by atoms with E-state index in [-0.39, 0.29) is 5.91 Å². The van der Waals surface area contributed by atoms with Crippen LogP contribution in [0, 0.1) is 11.3 Å². The molecule has 0 aliphatic rings. The van der Waals surface area contributed by atoms with Gasteiger partial charge in [0.15, 0.2) is 5.65 Å². The number of benzene rings is 2. The van der Waals surface area contributed by atoms with E-state index in [4.69, 9.17) is 21.1 Å². The Morgan fingerprint density at radius 2 is 2.02 bits per heavy atom. The van der Waals surface area contributed by atoms with E-state index in [1.165, 1.54) is 18.6 Å². The van der Waals surface area contributed by atoms with Gasteiger partial charge in [0.2, 0.25) is 5.91 Å². The lowest BCUT2D eigenvalue weighted by molar-refractivity contribution is -0.111. The fourth-order valence-electron chi connectivity index (χ4n) is 4.15. The highest BCUT2D eigenvalue weighted by Crippen LogP contribution is 2.38. The maximum atomic E-state index is 12.6. The van der Waals surface area contributed by atoms with Gasteiger partial charge in [-0.3, -0.25) is 9.78 Å². The molecule has 0 fully saturated rings. The van der Waals surface area contributed by atoms with Gasteiger partial charge in [0.1, 0.15) is 29.6 Å². The summed E-state index contributed by atoms with van der Waals surface area (Å²) in [5.74, 6) is 1.17. The van der Waals surface area contributed by atoms with Gasteiger partial charge in [-0.1, -0.05) is 17.7 Å². The van der Waals surface area contributed by atoms with Crippen molar-refractivity contribution in [2.75, 3.05) is 37.9 Å². The van der Waals surface area contributed by atoms with Gasteiger partial charge in [-0.05, 0) is 51.4 Å². The summed E-state index contributed by atoms with van der Waals surface area (Å²) in [5.41, 5.74) is 3.11. The van der Waals surface area contributed by atoms with Crippen LogP contribution in [0.3, 0.4) is 0 Å². The van der Waals surface area contributed by atoms with Crippen molar-refractivity contribution >= 4 is 51.1 Å². The molecule has 2 N–H and O–H groups in total. The number of nitrogens with one attached hydrogen (secondary N) is 2. The number of fused-ring (bicyclic) bond motifs is 2. The number of anilines is 3. The molecule has 11 nitrogen and oxygen atoms in total. The topological polar surface area (TPSA) is 130 Å². The molecular weight excluding hydrogens is 556 g/mol. The number of carbonyl (C=O) groups is 1. The Labute approximate surface area is 247 Å². The summed E-state index contributed by atoms with van der Waals surface area (Å²) in [4.78, 5) is 23.2. The van der Waals surface area contributed by atoms with Crippen LogP contribution < -0.4 is 20.1 Å². The number of pyridine rings is 2. The highest BCUT2D eigenvalue weighted by molar-refractivity contribution is 6.32. The van der Waals surface area contributed by atoms with Crippen LogP contribution >= 0.6 is 11.6 Å². The highest BCUT2D eigenvalue weighted by atomic mass is 35.5. The van der Waals surface area contributed by atoms with Crippen LogP contribution in [0.25, 0.3) is 16.6 Å². The lowest BCUT2D eigenvalue weighted by Crippen LogP contribution is -2.13. The van der Waals surface area contributed by atoms with Gasteiger partial charge in [-0.2, -0.15) is 10.4 Å². The van der Waals surface area contributed by atoms with Gasteiger partial charge < -0.3 is 25.0 Å². The maximum absolute atomic E-state index is 12.6. The van der Waals surface area contributed by atoms with E-state index < -0.39 is 0 Å². The lowest BCUT2D eigenvalue weighted by atomic mass is 10.1. The molecule has 3 aromatic heterocycles. The first-order chi connectivity index (χ1) is 20.3. The Bertz CT molecular complexity index is 1840. The second kappa shape index (κ2) is 12.6. The van der Waals surface area contributed by atoms with Crippen molar-refractivity contribution in [3.63, 3.8) is 0 Å². The zero-order chi connectivity index (χ0) is 29.6. The number of ether oxygens (including phenoxy) is 2. The first-order valence-electron chi connectivity index (χ1n) is 13.0. The zero-order valence-corrected chi connectivity index (χ0v) is 23.9. The first-order valence-corrected chi connectivity index (χ1v) is 13.4. The summed E-state index contributed by atoms with van der Waals surface area (Å²) in [6.45, 7) is 2.87. The van der Waals surface area contributed by atoms with Crippen molar-refractivity contribution in [3.05, 3.63) is 83.9 Å². The number of hydrogen-bond donors (Lipinski definition) is 2. The second-order valence-corrected chi connectivity index (χ2v) is 9.82. The summed E-state index contributed by atoms with van der Waals surface area (Å²) in [6, 6.07) is 14.4. The average Bonchev–Trinajstić information content (AvgIpc) is 3.43. The van der Waals surface area contributed by atoms with Crippen molar-refractivity contribution in [1.82, 2.24) is 24.5 Å². The first kappa shape index (κ1) is 28.4. The number of halogens is 1. The van der Waals surface area contributed by atoms with Gasteiger partial charge in [-0.15, -0.1) is 0 Å². The molecule has 5 aromatic rings. The van der Waals surface area contributed by atoms with Crippen LogP contribution in [-0.4, -0.2) is 57.6 Å². The van der Waals surface area contributed by atoms with Crippen molar-refractivity contribution < 1.29 is 14.3 Å². The zero-order valence-electron chi connectivity index (χ0n) is 23.1. The normalized spacial score (nSPS) is 11.2. The van der Waals surface area contributed by atoms with Crippen LogP contribution in [0.4, 0.5) is 17.1 Å². The molecule has 12 heteroatoms. The van der Waals surface area contributed by atoms with E-state index in [0.717, 1.165) is 0 Å². The van der Waals surface area contributed by atoms with Crippen LogP contribution in [-0.2, 0) is 4.79 Å². The molecule has 0 bridgehead atoms. The molecule has 1 amide bonds. The molecule has 0 saturated heterocycles. The smallest absolute Gasteiger partial charge is 0.248 e. The van der Waals surface area contributed by atoms with Gasteiger partial charge >= 0.3 is 0 Å². The van der Waals surface area contributed by atoms with Crippen molar-refractivity contribution in [2.45, 2.75) is 6.92 Å².